The Labute approximate surface area is 188 Å². The number of rotatable bonds is 6. The van der Waals surface area contributed by atoms with Crippen LogP contribution in [0.25, 0.3) is 0 Å². The Morgan fingerprint density at radius 3 is 2.71 bits per heavy atom. The average Bonchev–Trinajstić information content (AvgIpc) is 3.22. The number of hydrogen-bond acceptors (Lipinski definition) is 5. The summed E-state index contributed by atoms with van der Waals surface area (Å²) < 4.78 is 6.07. The van der Waals surface area contributed by atoms with Crippen LogP contribution in [0.5, 0.6) is 5.75 Å². The largest absolute Gasteiger partial charge is 0.490 e. The number of anilines is 1. The molecule has 0 amide bonds. The van der Waals surface area contributed by atoms with Crippen molar-refractivity contribution in [2.24, 2.45) is 10.7 Å². The third-order valence-corrected chi connectivity index (χ3v) is 5.66. The maximum atomic E-state index is 6.27. The first-order chi connectivity index (χ1) is 13.1. The number of halogens is 1. The van der Waals surface area contributed by atoms with Gasteiger partial charge in [0.15, 0.2) is 11.1 Å². The van der Waals surface area contributed by atoms with E-state index >= 15 is 0 Å². The summed E-state index contributed by atoms with van der Waals surface area (Å²) in [6.07, 6.45) is 3.01. The molecule has 0 bridgehead atoms. The molecule has 1 saturated heterocycles. The van der Waals surface area contributed by atoms with Crippen molar-refractivity contribution in [2.45, 2.75) is 39.8 Å². The molecule has 2 N–H and O–H groups in total. The molecular formula is C20H30IN5OS. The number of aromatic nitrogens is 1. The molecule has 28 heavy (non-hydrogen) atoms. The van der Waals surface area contributed by atoms with Gasteiger partial charge < -0.3 is 20.3 Å². The fourth-order valence-corrected chi connectivity index (χ4v) is 3.66. The minimum absolute atomic E-state index is 0. The Bertz CT molecular complexity index is 760. The van der Waals surface area contributed by atoms with Crippen molar-refractivity contribution < 1.29 is 4.74 Å². The van der Waals surface area contributed by atoms with Crippen LogP contribution in [0.1, 0.15) is 31.4 Å². The molecule has 1 unspecified atom stereocenters. The van der Waals surface area contributed by atoms with Gasteiger partial charge in [-0.05, 0) is 31.9 Å². The molecule has 1 atom stereocenters. The van der Waals surface area contributed by atoms with E-state index < -0.39 is 0 Å². The maximum absolute atomic E-state index is 6.27. The van der Waals surface area contributed by atoms with Crippen LogP contribution in [0.2, 0.25) is 0 Å². The van der Waals surface area contributed by atoms with Gasteiger partial charge in [-0.3, -0.25) is 0 Å². The summed E-state index contributed by atoms with van der Waals surface area (Å²) in [5.74, 6) is 1.51. The first-order valence-corrected chi connectivity index (χ1v) is 10.4. The summed E-state index contributed by atoms with van der Waals surface area (Å²) in [6.45, 7) is 10.4. The zero-order valence-corrected chi connectivity index (χ0v) is 19.9. The first kappa shape index (κ1) is 22.7. The zero-order chi connectivity index (χ0) is 19.2. The summed E-state index contributed by atoms with van der Waals surface area (Å²) in [7, 11) is 0. The van der Waals surface area contributed by atoms with Crippen molar-refractivity contribution in [3.05, 3.63) is 40.9 Å². The van der Waals surface area contributed by atoms with Crippen LogP contribution >= 0.6 is 35.3 Å². The normalized spacial score (nSPS) is 15.9. The van der Waals surface area contributed by atoms with E-state index in [2.05, 4.69) is 58.7 Å². The molecule has 0 radical (unpaired) electrons. The van der Waals surface area contributed by atoms with Gasteiger partial charge in [-0.2, -0.15) is 0 Å². The molecular weight excluding hydrogens is 485 g/mol. The van der Waals surface area contributed by atoms with Crippen LogP contribution in [-0.4, -0.2) is 48.1 Å². The second-order valence-corrected chi connectivity index (χ2v) is 7.78. The van der Waals surface area contributed by atoms with Gasteiger partial charge in [-0.15, -0.1) is 35.3 Å². The van der Waals surface area contributed by atoms with Crippen LogP contribution in [0.15, 0.2) is 34.8 Å². The van der Waals surface area contributed by atoms with E-state index in [0.717, 1.165) is 49.0 Å². The van der Waals surface area contributed by atoms with Crippen molar-refractivity contribution in [1.82, 2.24) is 9.88 Å². The number of nitrogens with two attached hydrogens (primary N) is 1. The van der Waals surface area contributed by atoms with Crippen molar-refractivity contribution in [3.63, 3.8) is 0 Å². The Balaban J connectivity index is 0.00000280. The fourth-order valence-electron chi connectivity index (χ4n) is 2.97. The monoisotopic (exact) mass is 515 g/mol. The predicted octanol–water partition coefficient (Wildman–Crippen LogP) is 3.88. The van der Waals surface area contributed by atoms with E-state index in [1.165, 1.54) is 5.56 Å². The zero-order valence-electron chi connectivity index (χ0n) is 16.8. The van der Waals surface area contributed by atoms with Crippen LogP contribution in [0.4, 0.5) is 5.13 Å². The number of piperazine rings is 1. The summed E-state index contributed by atoms with van der Waals surface area (Å²) in [4.78, 5) is 13.5. The summed E-state index contributed by atoms with van der Waals surface area (Å²) in [5.41, 5.74) is 8.53. The van der Waals surface area contributed by atoms with E-state index in [1.54, 1.807) is 11.3 Å². The smallest absolute Gasteiger partial charge is 0.191 e. The highest BCUT2D eigenvalue weighted by atomic mass is 127. The number of nitrogens with zero attached hydrogens (tertiary/aromatic N) is 4. The van der Waals surface area contributed by atoms with E-state index in [-0.39, 0.29) is 30.1 Å². The molecule has 1 aromatic carbocycles. The quantitative estimate of drug-likeness (QED) is 0.360. The molecule has 154 valence electrons. The van der Waals surface area contributed by atoms with Gasteiger partial charge in [0.25, 0.3) is 0 Å². The first-order valence-electron chi connectivity index (χ1n) is 9.52. The maximum Gasteiger partial charge on any atom is 0.191 e. The van der Waals surface area contributed by atoms with E-state index in [1.807, 2.05) is 11.6 Å². The number of hydrogen-bond donors (Lipinski definition) is 1. The number of ether oxygens (including phenoxy) is 1. The number of aliphatic imine (C=N–C) groups is 1. The topological polar surface area (TPSA) is 67.0 Å². The molecule has 3 rings (SSSR count). The molecule has 2 aromatic rings. The Hall–Kier alpha value is -1.55. The van der Waals surface area contributed by atoms with Gasteiger partial charge >= 0.3 is 0 Å². The predicted molar refractivity (Wildman–Crippen MR) is 128 cm³/mol. The number of benzene rings is 1. The number of guanidine groups is 1. The highest BCUT2D eigenvalue weighted by Crippen LogP contribution is 2.23. The minimum atomic E-state index is 0. The third-order valence-electron chi connectivity index (χ3n) is 4.83. The second kappa shape index (κ2) is 10.8. The van der Waals surface area contributed by atoms with Crippen LogP contribution in [-0.2, 0) is 6.54 Å². The van der Waals surface area contributed by atoms with Crippen LogP contribution in [0, 0.1) is 6.92 Å². The summed E-state index contributed by atoms with van der Waals surface area (Å²) in [6, 6.07) is 6.27. The van der Waals surface area contributed by atoms with Gasteiger partial charge in [0.2, 0.25) is 0 Å². The second-order valence-electron chi connectivity index (χ2n) is 6.91. The highest BCUT2D eigenvalue weighted by molar-refractivity contribution is 14.0. The Morgan fingerprint density at radius 1 is 1.32 bits per heavy atom. The molecule has 1 fully saturated rings. The standard InChI is InChI=1S/C20H29N5OS.HI/c1-4-16(3)26-18-13-15(2)5-6-17(18)14-23-19(21)24-8-10-25(11-9-24)20-22-7-12-27-20;/h5-7,12-13,16H,4,8-11,14H2,1-3H3,(H2,21,23);1H. The highest BCUT2D eigenvalue weighted by Gasteiger charge is 2.20. The summed E-state index contributed by atoms with van der Waals surface area (Å²) >= 11 is 1.68. The average molecular weight is 515 g/mol. The van der Waals surface area contributed by atoms with Gasteiger partial charge in [-0.1, -0.05) is 19.1 Å². The van der Waals surface area contributed by atoms with E-state index in [4.69, 9.17) is 10.5 Å². The molecule has 8 heteroatoms. The molecule has 1 aliphatic rings. The van der Waals surface area contributed by atoms with Gasteiger partial charge in [-0.25, -0.2) is 9.98 Å². The summed E-state index contributed by atoms with van der Waals surface area (Å²) in [5, 5.41) is 3.09. The molecule has 1 aliphatic heterocycles. The molecule has 2 heterocycles. The van der Waals surface area contributed by atoms with Gasteiger partial charge in [0, 0.05) is 43.3 Å². The molecule has 0 aliphatic carbocycles. The van der Waals surface area contributed by atoms with Crippen LogP contribution in [0.3, 0.4) is 0 Å². The lowest BCUT2D eigenvalue weighted by Gasteiger charge is -2.35. The fraction of sp³-hybridized carbons (Fsp3) is 0.500. The van der Waals surface area contributed by atoms with Crippen molar-refractivity contribution in [2.75, 3.05) is 31.1 Å². The lowest BCUT2D eigenvalue weighted by molar-refractivity contribution is 0.215. The lowest BCUT2D eigenvalue weighted by Crippen LogP contribution is -2.51. The van der Waals surface area contributed by atoms with Crippen molar-refractivity contribution in [1.29, 1.82) is 0 Å². The molecule has 0 spiro atoms. The van der Waals surface area contributed by atoms with Crippen LogP contribution < -0.4 is 15.4 Å². The SMILES string of the molecule is CCC(C)Oc1cc(C)ccc1CN=C(N)N1CCN(c2nccs2)CC1.I. The number of thiazole rings is 1. The van der Waals surface area contributed by atoms with Crippen molar-refractivity contribution in [3.8, 4) is 5.75 Å². The molecule has 0 saturated carbocycles. The molecule has 6 nitrogen and oxygen atoms in total. The Kier molecular flexibility index (Phi) is 8.81. The molecule has 1 aromatic heterocycles. The van der Waals surface area contributed by atoms with Crippen molar-refractivity contribution >= 4 is 46.4 Å². The number of aryl methyl sites for hydroxylation is 1. The van der Waals surface area contributed by atoms with Gasteiger partial charge in [0.1, 0.15) is 5.75 Å². The van der Waals surface area contributed by atoms with Gasteiger partial charge in [0.05, 0.1) is 12.6 Å². The minimum Gasteiger partial charge on any atom is -0.490 e. The third kappa shape index (κ3) is 5.97. The Morgan fingerprint density at radius 2 is 2.07 bits per heavy atom. The van der Waals surface area contributed by atoms with E-state index in [0.29, 0.717) is 12.5 Å². The van der Waals surface area contributed by atoms with E-state index in [9.17, 15) is 0 Å². The lowest BCUT2D eigenvalue weighted by atomic mass is 10.1.